The number of hydrogen-bond acceptors (Lipinski definition) is 2. The van der Waals surface area contributed by atoms with E-state index in [2.05, 4.69) is 10.3 Å². The molecule has 0 atom stereocenters. The maximum absolute atomic E-state index is 12.8. The minimum absolute atomic E-state index is 0.0688. The van der Waals surface area contributed by atoms with Crippen LogP contribution in [0.25, 0.3) is 17.0 Å². The fraction of sp³-hybridized carbons (Fsp3) is 0.0526. The smallest absolute Gasteiger partial charge is 0.361 e. The number of carbonyl (C=O) groups excluding carboxylic acids is 1. The van der Waals surface area contributed by atoms with Gasteiger partial charge in [-0.1, -0.05) is 29.8 Å². The summed E-state index contributed by atoms with van der Waals surface area (Å²) in [5, 5.41) is 12.3. The molecule has 2 aromatic carbocycles. The van der Waals surface area contributed by atoms with E-state index in [1.165, 1.54) is 6.08 Å². The van der Waals surface area contributed by atoms with E-state index in [1.54, 1.807) is 12.3 Å². The van der Waals surface area contributed by atoms with E-state index < -0.39 is 17.6 Å². The van der Waals surface area contributed by atoms with Crippen LogP contribution in [0.4, 0.5) is 18.9 Å². The Balaban J connectivity index is 1.92. The molecule has 0 bridgehead atoms. The maximum Gasteiger partial charge on any atom is 0.416 e. The van der Waals surface area contributed by atoms with Crippen molar-refractivity contribution < 1.29 is 18.0 Å². The predicted molar refractivity (Wildman–Crippen MR) is 97.0 cm³/mol. The highest BCUT2D eigenvalue weighted by atomic mass is 35.5. The third kappa shape index (κ3) is 3.96. The van der Waals surface area contributed by atoms with Crippen molar-refractivity contribution in [2.24, 2.45) is 0 Å². The number of aromatic nitrogens is 1. The lowest BCUT2D eigenvalue weighted by Crippen LogP contribution is -2.15. The fourth-order valence-corrected chi connectivity index (χ4v) is 2.67. The molecule has 27 heavy (non-hydrogen) atoms. The largest absolute Gasteiger partial charge is 0.416 e. The Hall–Kier alpha value is -3.24. The minimum atomic E-state index is -4.58. The van der Waals surface area contributed by atoms with Crippen LogP contribution >= 0.6 is 11.6 Å². The highest BCUT2D eigenvalue weighted by Crippen LogP contribution is 2.34. The number of hydrogen-bond donors (Lipinski definition) is 2. The Kier molecular flexibility index (Phi) is 4.93. The summed E-state index contributed by atoms with van der Waals surface area (Å²) < 4.78 is 38.5. The molecule has 2 N–H and O–H groups in total. The molecular formula is C19H11ClF3N3O. The first-order valence-electron chi connectivity index (χ1n) is 7.65. The SMILES string of the molecule is N#C/C(=C\c1c[nH]c2ccccc12)C(=O)Nc1cc(C(F)(F)F)ccc1Cl. The standard InChI is InChI=1S/C19H11ClF3N3O/c20-15-6-5-13(19(21,22)23)8-17(15)26-18(27)11(9-24)7-12-10-25-16-4-2-1-3-14(12)16/h1-8,10,25H,(H,26,27)/b11-7+. The van der Waals surface area contributed by atoms with Gasteiger partial charge in [-0.15, -0.1) is 0 Å². The van der Waals surface area contributed by atoms with Crippen molar-refractivity contribution in [3.05, 3.63) is 70.4 Å². The lowest BCUT2D eigenvalue weighted by atomic mass is 10.1. The van der Waals surface area contributed by atoms with Gasteiger partial charge in [0.1, 0.15) is 11.6 Å². The number of halogens is 4. The number of alkyl halides is 3. The molecule has 0 radical (unpaired) electrons. The second-order valence-corrected chi connectivity index (χ2v) is 6.01. The topological polar surface area (TPSA) is 68.7 Å². The molecule has 0 saturated heterocycles. The number of benzene rings is 2. The summed E-state index contributed by atoms with van der Waals surface area (Å²) in [5.41, 5.74) is -0.0269. The third-order valence-corrected chi connectivity index (χ3v) is 4.16. The molecule has 0 unspecified atom stereocenters. The normalized spacial score (nSPS) is 12.0. The monoisotopic (exact) mass is 389 g/mol. The summed E-state index contributed by atoms with van der Waals surface area (Å²) in [6.07, 6.45) is -1.59. The molecule has 1 amide bonds. The van der Waals surface area contributed by atoms with Crippen LogP contribution in [0.2, 0.25) is 5.02 Å². The first-order chi connectivity index (χ1) is 12.8. The molecular weight excluding hydrogens is 379 g/mol. The zero-order valence-electron chi connectivity index (χ0n) is 13.6. The van der Waals surface area contributed by atoms with Crippen molar-refractivity contribution >= 4 is 40.2 Å². The molecule has 0 aliphatic heterocycles. The number of nitriles is 1. The quantitative estimate of drug-likeness (QED) is 0.466. The summed E-state index contributed by atoms with van der Waals surface area (Å²) in [6, 6.07) is 11.6. The predicted octanol–water partition coefficient (Wildman–Crippen LogP) is 5.39. The molecule has 1 aromatic heterocycles. The Morgan fingerprint density at radius 3 is 2.67 bits per heavy atom. The molecule has 3 aromatic rings. The van der Waals surface area contributed by atoms with Gasteiger partial charge in [0, 0.05) is 22.7 Å². The van der Waals surface area contributed by atoms with Crippen molar-refractivity contribution in [2.75, 3.05) is 5.32 Å². The molecule has 136 valence electrons. The second kappa shape index (κ2) is 7.17. The maximum atomic E-state index is 12.8. The van der Waals surface area contributed by atoms with Gasteiger partial charge in [-0.05, 0) is 30.3 Å². The van der Waals surface area contributed by atoms with Crippen molar-refractivity contribution in [3.63, 3.8) is 0 Å². The summed E-state index contributed by atoms with van der Waals surface area (Å²) in [5.74, 6) is -0.857. The number of para-hydroxylation sites is 1. The highest BCUT2D eigenvalue weighted by Gasteiger charge is 2.31. The number of amides is 1. The molecule has 0 spiro atoms. The number of nitrogens with one attached hydrogen (secondary N) is 2. The zero-order valence-corrected chi connectivity index (χ0v) is 14.3. The molecule has 0 aliphatic rings. The Morgan fingerprint density at radius 1 is 1.22 bits per heavy atom. The van der Waals surface area contributed by atoms with Gasteiger partial charge in [0.25, 0.3) is 5.91 Å². The van der Waals surface area contributed by atoms with Crippen LogP contribution in [-0.2, 0) is 11.0 Å². The fourth-order valence-electron chi connectivity index (χ4n) is 2.50. The van der Waals surface area contributed by atoms with Gasteiger partial charge >= 0.3 is 6.18 Å². The van der Waals surface area contributed by atoms with Gasteiger partial charge in [-0.25, -0.2) is 0 Å². The van der Waals surface area contributed by atoms with Gasteiger partial charge < -0.3 is 10.3 Å². The van der Waals surface area contributed by atoms with Crippen molar-refractivity contribution in [2.45, 2.75) is 6.18 Å². The van der Waals surface area contributed by atoms with Gasteiger partial charge in [-0.2, -0.15) is 18.4 Å². The molecule has 4 nitrogen and oxygen atoms in total. The van der Waals surface area contributed by atoms with Crippen LogP contribution in [0.5, 0.6) is 0 Å². The van der Waals surface area contributed by atoms with Crippen molar-refractivity contribution in [1.82, 2.24) is 4.98 Å². The average Bonchev–Trinajstić information content (AvgIpc) is 3.03. The Labute approximate surface area is 156 Å². The van der Waals surface area contributed by atoms with E-state index in [4.69, 9.17) is 11.6 Å². The summed E-state index contributed by atoms with van der Waals surface area (Å²) >= 11 is 5.87. The number of fused-ring (bicyclic) bond motifs is 1. The number of aromatic amines is 1. The molecule has 0 aliphatic carbocycles. The summed E-state index contributed by atoms with van der Waals surface area (Å²) in [4.78, 5) is 15.4. The number of rotatable bonds is 3. The summed E-state index contributed by atoms with van der Waals surface area (Å²) in [6.45, 7) is 0. The molecule has 1 heterocycles. The van der Waals surface area contributed by atoms with Crippen LogP contribution in [0.3, 0.4) is 0 Å². The summed E-state index contributed by atoms with van der Waals surface area (Å²) in [7, 11) is 0. The molecule has 8 heteroatoms. The number of carbonyl (C=O) groups is 1. The van der Waals surface area contributed by atoms with E-state index in [1.807, 2.05) is 24.3 Å². The van der Waals surface area contributed by atoms with Crippen LogP contribution < -0.4 is 5.32 Å². The van der Waals surface area contributed by atoms with Gasteiger partial charge in [-0.3, -0.25) is 4.79 Å². The Morgan fingerprint density at radius 2 is 1.96 bits per heavy atom. The van der Waals surface area contributed by atoms with Crippen LogP contribution in [0.1, 0.15) is 11.1 Å². The lowest BCUT2D eigenvalue weighted by molar-refractivity contribution is -0.137. The second-order valence-electron chi connectivity index (χ2n) is 5.61. The van der Waals surface area contributed by atoms with Crippen LogP contribution in [0, 0.1) is 11.3 Å². The van der Waals surface area contributed by atoms with E-state index in [0.29, 0.717) is 5.56 Å². The third-order valence-electron chi connectivity index (χ3n) is 3.83. The van der Waals surface area contributed by atoms with Gasteiger partial charge in [0.15, 0.2) is 0 Å². The zero-order chi connectivity index (χ0) is 19.6. The Bertz CT molecular complexity index is 1090. The molecule has 0 fully saturated rings. The van der Waals surface area contributed by atoms with Gasteiger partial charge in [0.2, 0.25) is 0 Å². The van der Waals surface area contributed by atoms with Crippen molar-refractivity contribution in [3.8, 4) is 6.07 Å². The number of anilines is 1. The lowest BCUT2D eigenvalue weighted by Gasteiger charge is -2.11. The number of H-pyrrole nitrogens is 1. The van der Waals surface area contributed by atoms with Crippen LogP contribution in [-0.4, -0.2) is 10.9 Å². The first-order valence-corrected chi connectivity index (χ1v) is 8.03. The van der Waals surface area contributed by atoms with Crippen LogP contribution in [0.15, 0.2) is 54.2 Å². The molecule has 0 saturated carbocycles. The van der Waals surface area contributed by atoms with E-state index in [9.17, 15) is 23.2 Å². The minimum Gasteiger partial charge on any atom is -0.361 e. The van der Waals surface area contributed by atoms with E-state index >= 15 is 0 Å². The van der Waals surface area contributed by atoms with E-state index in [0.717, 1.165) is 29.1 Å². The van der Waals surface area contributed by atoms with Gasteiger partial charge in [0.05, 0.1) is 16.3 Å². The van der Waals surface area contributed by atoms with Crippen molar-refractivity contribution in [1.29, 1.82) is 5.26 Å². The number of nitrogens with zero attached hydrogens (tertiary/aromatic N) is 1. The average molecular weight is 390 g/mol. The molecule has 3 rings (SSSR count). The first kappa shape index (κ1) is 18.5. The highest BCUT2D eigenvalue weighted by molar-refractivity contribution is 6.34. The van der Waals surface area contributed by atoms with E-state index in [-0.39, 0.29) is 16.3 Å².